The maximum Gasteiger partial charge on any atom is 0.123 e. The molecule has 0 bridgehead atoms. The van der Waals surface area contributed by atoms with Gasteiger partial charge >= 0.3 is 0 Å². The van der Waals surface area contributed by atoms with Crippen LogP contribution >= 0.6 is 0 Å². The van der Waals surface area contributed by atoms with E-state index in [1.165, 1.54) is 81.7 Å². The molecule has 62 heavy (non-hydrogen) atoms. The summed E-state index contributed by atoms with van der Waals surface area (Å²) in [7, 11) is 0. The Morgan fingerprint density at radius 3 is 1.27 bits per heavy atom. The Labute approximate surface area is 361 Å². The maximum atomic E-state index is 14.7. The highest BCUT2D eigenvalue weighted by molar-refractivity contribution is 5.93. The van der Waals surface area contributed by atoms with Crippen molar-refractivity contribution in [2.75, 3.05) is 10.6 Å². The third-order valence-electron chi connectivity index (χ3n) is 12.6. The van der Waals surface area contributed by atoms with Gasteiger partial charge in [0, 0.05) is 23.2 Å². The molecule has 2 N–H and O–H groups in total. The lowest BCUT2D eigenvalue weighted by molar-refractivity contribution is 0.625. The SMILES string of the molecule is CCc1cc(C)cc(CC)c1NC1c2cccc3cccc(c23)C1Nc1c(C)cc(C(c2ccc(F)cc2)c2ccc(F)cc2)cc1C(c1ccc(F)cc1)c1ccc(F)cc1. The van der Waals surface area contributed by atoms with Gasteiger partial charge < -0.3 is 10.6 Å². The number of halogens is 4. The highest BCUT2D eigenvalue weighted by atomic mass is 19.1. The van der Waals surface area contributed by atoms with E-state index in [0.717, 1.165) is 68.5 Å². The third-order valence-corrected chi connectivity index (χ3v) is 12.6. The Morgan fingerprint density at radius 1 is 0.452 bits per heavy atom. The first-order valence-corrected chi connectivity index (χ1v) is 21.4. The van der Waals surface area contributed by atoms with Crippen LogP contribution in [0.25, 0.3) is 10.8 Å². The molecule has 0 spiro atoms. The smallest absolute Gasteiger partial charge is 0.123 e. The second-order valence-electron chi connectivity index (χ2n) is 16.6. The van der Waals surface area contributed by atoms with E-state index >= 15 is 0 Å². The molecular formula is C56H48F4N2. The Kier molecular flexibility index (Phi) is 11.2. The minimum Gasteiger partial charge on any atom is -0.375 e. The first-order chi connectivity index (χ1) is 30.1. The van der Waals surface area contributed by atoms with E-state index < -0.39 is 11.8 Å². The predicted molar refractivity (Wildman–Crippen MR) is 245 cm³/mol. The first-order valence-electron chi connectivity index (χ1n) is 21.4. The van der Waals surface area contributed by atoms with Crippen LogP contribution in [0.1, 0.15) is 105 Å². The molecule has 0 amide bonds. The lowest BCUT2D eigenvalue weighted by Crippen LogP contribution is -2.24. The van der Waals surface area contributed by atoms with Gasteiger partial charge in [-0.3, -0.25) is 0 Å². The Morgan fingerprint density at radius 2 is 0.855 bits per heavy atom. The fraction of sp³-hybridized carbons (Fsp3) is 0.179. The van der Waals surface area contributed by atoms with Crippen molar-refractivity contribution in [3.05, 3.63) is 248 Å². The van der Waals surface area contributed by atoms with Gasteiger partial charge in [0.15, 0.2) is 0 Å². The molecule has 6 heteroatoms. The Balaban J connectivity index is 1.28. The molecule has 2 atom stereocenters. The molecule has 2 unspecified atom stereocenters. The number of aryl methyl sites for hydroxylation is 4. The van der Waals surface area contributed by atoms with Crippen LogP contribution in [0, 0.1) is 37.1 Å². The van der Waals surface area contributed by atoms with E-state index in [0.29, 0.717) is 0 Å². The molecule has 0 fully saturated rings. The van der Waals surface area contributed by atoms with Crippen molar-refractivity contribution in [1.29, 1.82) is 0 Å². The molecule has 0 heterocycles. The monoisotopic (exact) mass is 824 g/mol. The molecule has 310 valence electrons. The quantitative estimate of drug-likeness (QED) is 0.0947. The van der Waals surface area contributed by atoms with E-state index in [-0.39, 0.29) is 35.4 Å². The molecule has 0 radical (unpaired) electrons. The van der Waals surface area contributed by atoms with Gasteiger partial charge in [0.25, 0.3) is 0 Å². The fourth-order valence-electron chi connectivity index (χ4n) is 9.78. The second-order valence-corrected chi connectivity index (χ2v) is 16.6. The summed E-state index contributed by atoms with van der Waals surface area (Å²) in [5, 5.41) is 10.6. The average Bonchev–Trinajstić information content (AvgIpc) is 3.57. The summed E-state index contributed by atoms with van der Waals surface area (Å²) in [6, 6.07) is 47.4. The van der Waals surface area contributed by atoms with Crippen molar-refractivity contribution in [2.24, 2.45) is 0 Å². The van der Waals surface area contributed by atoms with Gasteiger partial charge in [-0.05, 0) is 147 Å². The second kappa shape index (κ2) is 17.0. The first kappa shape index (κ1) is 40.7. The average molecular weight is 825 g/mol. The topological polar surface area (TPSA) is 24.1 Å². The van der Waals surface area contributed by atoms with Crippen LogP contribution in [0.5, 0.6) is 0 Å². The summed E-state index contributed by atoms with van der Waals surface area (Å²) in [6.45, 7) is 8.64. The number of hydrogen-bond acceptors (Lipinski definition) is 2. The summed E-state index contributed by atoms with van der Waals surface area (Å²) in [5.74, 6) is -2.29. The van der Waals surface area contributed by atoms with Crippen LogP contribution in [0.2, 0.25) is 0 Å². The minimum absolute atomic E-state index is 0.164. The zero-order chi connectivity index (χ0) is 43.1. The number of rotatable bonds is 12. The molecule has 0 aromatic heterocycles. The standard InChI is InChI=1S/C56H48F4N2/c1-5-35-29-33(3)30-36(6-2)54(35)62-56-48-12-8-10-37-9-7-11-47(52(37)48)55(56)61-53-34(4)31-42(50(38-13-21-43(57)22-14-38)39-15-23-44(58)24-16-39)32-49(53)51(40-17-25-45(59)26-18-40)41-19-27-46(60)28-20-41/h7-32,50-51,55-56,61-62H,5-6H2,1-4H3. The summed E-state index contributed by atoms with van der Waals surface area (Å²) in [5.41, 5.74) is 14.3. The van der Waals surface area contributed by atoms with Gasteiger partial charge in [0.2, 0.25) is 0 Å². The normalized spacial score (nSPS) is 14.5. The number of nitrogens with one attached hydrogen (secondary N) is 2. The number of anilines is 2. The van der Waals surface area contributed by atoms with E-state index in [2.05, 4.69) is 99.0 Å². The Bertz CT molecular complexity index is 2760. The van der Waals surface area contributed by atoms with Crippen molar-refractivity contribution in [2.45, 2.75) is 64.5 Å². The van der Waals surface area contributed by atoms with Gasteiger partial charge in [-0.2, -0.15) is 0 Å². The molecule has 9 rings (SSSR count). The van der Waals surface area contributed by atoms with Gasteiger partial charge in [-0.15, -0.1) is 0 Å². The highest BCUT2D eigenvalue weighted by Gasteiger charge is 2.37. The third kappa shape index (κ3) is 7.75. The summed E-state index contributed by atoms with van der Waals surface area (Å²) in [4.78, 5) is 0. The molecule has 8 aromatic rings. The van der Waals surface area contributed by atoms with Gasteiger partial charge in [-0.1, -0.05) is 129 Å². The minimum atomic E-state index is -0.471. The molecule has 1 aliphatic rings. The molecule has 8 aromatic carbocycles. The van der Waals surface area contributed by atoms with Crippen molar-refractivity contribution >= 4 is 22.1 Å². The predicted octanol–water partition coefficient (Wildman–Crippen LogP) is 14.8. The van der Waals surface area contributed by atoms with Crippen molar-refractivity contribution in [3.8, 4) is 0 Å². The zero-order valence-corrected chi connectivity index (χ0v) is 35.2. The van der Waals surface area contributed by atoms with Crippen LogP contribution in [0.3, 0.4) is 0 Å². The van der Waals surface area contributed by atoms with E-state index in [1.54, 1.807) is 48.5 Å². The number of hydrogen-bond donors (Lipinski definition) is 2. The van der Waals surface area contributed by atoms with Gasteiger partial charge in [0.05, 0.1) is 12.1 Å². The fourth-order valence-corrected chi connectivity index (χ4v) is 9.78. The van der Waals surface area contributed by atoms with Crippen molar-refractivity contribution in [1.82, 2.24) is 0 Å². The van der Waals surface area contributed by atoms with Gasteiger partial charge in [0.1, 0.15) is 23.3 Å². The molecule has 0 aliphatic heterocycles. The molecule has 1 aliphatic carbocycles. The van der Waals surface area contributed by atoms with Crippen LogP contribution in [-0.4, -0.2) is 0 Å². The summed E-state index contributed by atoms with van der Waals surface area (Å²) >= 11 is 0. The van der Waals surface area contributed by atoms with E-state index in [1.807, 2.05) is 0 Å². The molecular weight excluding hydrogens is 777 g/mol. The van der Waals surface area contributed by atoms with Gasteiger partial charge in [-0.25, -0.2) is 17.6 Å². The van der Waals surface area contributed by atoms with Crippen molar-refractivity contribution < 1.29 is 17.6 Å². The van der Waals surface area contributed by atoms with Crippen LogP contribution in [-0.2, 0) is 12.8 Å². The van der Waals surface area contributed by atoms with Crippen molar-refractivity contribution in [3.63, 3.8) is 0 Å². The Hall–Kier alpha value is -6.66. The van der Waals surface area contributed by atoms with Crippen LogP contribution in [0.15, 0.2) is 158 Å². The van der Waals surface area contributed by atoms with E-state index in [9.17, 15) is 17.6 Å². The lowest BCUT2D eigenvalue weighted by atomic mass is 9.78. The van der Waals surface area contributed by atoms with Crippen LogP contribution < -0.4 is 10.6 Å². The zero-order valence-electron chi connectivity index (χ0n) is 35.2. The lowest BCUT2D eigenvalue weighted by Gasteiger charge is -2.32. The summed E-state index contributed by atoms with van der Waals surface area (Å²) < 4.78 is 58.3. The highest BCUT2D eigenvalue weighted by Crippen LogP contribution is 2.50. The van der Waals surface area contributed by atoms with Crippen LogP contribution in [0.4, 0.5) is 28.9 Å². The molecule has 0 saturated heterocycles. The summed E-state index contributed by atoms with van der Waals surface area (Å²) in [6.07, 6.45) is 1.76. The molecule has 2 nitrogen and oxygen atoms in total. The molecule has 0 saturated carbocycles. The number of benzene rings is 8. The maximum absolute atomic E-state index is 14.7. The van der Waals surface area contributed by atoms with E-state index in [4.69, 9.17) is 0 Å². The largest absolute Gasteiger partial charge is 0.375 e.